The summed E-state index contributed by atoms with van der Waals surface area (Å²) in [6.45, 7) is 3.61. The highest BCUT2D eigenvalue weighted by Gasteiger charge is 2.24. The van der Waals surface area contributed by atoms with Crippen molar-refractivity contribution >= 4 is 27.5 Å². The van der Waals surface area contributed by atoms with E-state index in [4.69, 9.17) is 0 Å². The molecular weight excluding hydrogens is 311 g/mol. The van der Waals surface area contributed by atoms with Crippen LogP contribution in [0, 0.1) is 5.82 Å². The number of likely N-dealkylation sites (tertiary alicyclic amines) is 1. The van der Waals surface area contributed by atoms with Crippen molar-refractivity contribution in [1.29, 1.82) is 0 Å². The lowest BCUT2D eigenvalue weighted by Crippen LogP contribution is -3.17. The monoisotopic (exact) mass is 329 g/mol. The van der Waals surface area contributed by atoms with Crippen molar-refractivity contribution < 1.29 is 14.1 Å². The Labute approximate surface area is 121 Å². The molecule has 5 heteroatoms. The quantitative estimate of drug-likeness (QED) is 0.873. The molecule has 104 valence electrons. The lowest BCUT2D eigenvalue weighted by Gasteiger charge is -2.29. The number of piperidine rings is 1. The van der Waals surface area contributed by atoms with Crippen LogP contribution in [-0.4, -0.2) is 25.0 Å². The highest BCUT2D eigenvalue weighted by atomic mass is 79.9. The van der Waals surface area contributed by atoms with E-state index in [1.807, 2.05) is 0 Å². The minimum atomic E-state index is -0.413. The molecule has 1 aliphatic heterocycles. The number of hydrogen-bond donors (Lipinski definition) is 2. The van der Waals surface area contributed by atoms with E-state index < -0.39 is 5.82 Å². The second-order valence-corrected chi connectivity index (χ2v) is 6.07. The molecule has 1 heterocycles. The Balaban J connectivity index is 1.93. The zero-order chi connectivity index (χ0) is 13.8. The van der Waals surface area contributed by atoms with E-state index >= 15 is 0 Å². The fourth-order valence-corrected chi connectivity index (χ4v) is 2.84. The molecule has 1 amide bonds. The van der Waals surface area contributed by atoms with Crippen LogP contribution in [0.4, 0.5) is 10.1 Å². The molecule has 0 bridgehead atoms. The van der Waals surface area contributed by atoms with E-state index in [-0.39, 0.29) is 11.6 Å². The first kappa shape index (κ1) is 14.5. The van der Waals surface area contributed by atoms with E-state index in [2.05, 4.69) is 28.2 Å². The Morgan fingerprint density at radius 3 is 3.00 bits per heavy atom. The lowest BCUT2D eigenvalue weighted by molar-refractivity contribution is -0.920. The predicted molar refractivity (Wildman–Crippen MR) is 76.7 cm³/mol. The molecule has 0 radical (unpaired) electrons. The molecule has 1 aromatic rings. The van der Waals surface area contributed by atoms with Crippen molar-refractivity contribution in [1.82, 2.24) is 0 Å². The Morgan fingerprint density at radius 2 is 2.32 bits per heavy atom. The van der Waals surface area contributed by atoms with Gasteiger partial charge in [0.15, 0.2) is 6.54 Å². The molecule has 2 rings (SSSR count). The minimum Gasteiger partial charge on any atom is -0.325 e. The molecule has 1 aromatic carbocycles. The predicted octanol–water partition coefficient (Wildman–Crippen LogP) is 1.98. The summed E-state index contributed by atoms with van der Waals surface area (Å²) in [5.41, 5.74) is 0.247. The third-order valence-electron chi connectivity index (χ3n) is 3.67. The molecular formula is C14H19BrFN2O+. The second-order valence-electron chi connectivity index (χ2n) is 5.15. The standard InChI is InChI=1S/C14H18BrFN2O/c1-10-4-2-3-7-18(10)9-14(19)17-13-6-5-11(15)8-12(13)16/h5-6,8,10H,2-4,7,9H2,1H3,(H,17,19)/p+1/t10-/m0/s1. The summed E-state index contributed by atoms with van der Waals surface area (Å²) in [6.07, 6.45) is 3.57. The van der Waals surface area contributed by atoms with Crippen LogP contribution in [0.15, 0.2) is 22.7 Å². The molecule has 1 saturated heterocycles. The average Bonchev–Trinajstić information content (AvgIpc) is 2.36. The maximum atomic E-state index is 13.6. The maximum Gasteiger partial charge on any atom is 0.279 e. The number of anilines is 1. The van der Waals surface area contributed by atoms with Gasteiger partial charge in [0.25, 0.3) is 5.91 Å². The number of rotatable bonds is 3. The van der Waals surface area contributed by atoms with Gasteiger partial charge < -0.3 is 10.2 Å². The van der Waals surface area contributed by atoms with Crippen LogP contribution in [0.2, 0.25) is 0 Å². The van der Waals surface area contributed by atoms with Crippen LogP contribution in [0.1, 0.15) is 26.2 Å². The van der Waals surface area contributed by atoms with Crippen molar-refractivity contribution in [3.05, 3.63) is 28.5 Å². The van der Waals surface area contributed by atoms with E-state index in [9.17, 15) is 9.18 Å². The number of carbonyl (C=O) groups is 1. The zero-order valence-electron chi connectivity index (χ0n) is 11.0. The van der Waals surface area contributed by atoms with Gasteiger partial charge in [0.2, 0.25) is 0 Å². The van der Waals surface area contributed by atoms with Gasteiger partial charge in [0, 0.05) is 4.47 Å². The van der Waals surface area contributed by atoms with Gasteiger partial charge in [-0.3, -0.25) is 4.79 Å². The van der Waals surface area contributed by atoms with Gasteiger partial charge in [-0.1, -0.05) is 15.9 Å². The van der Waals surface area contributed by atoms with Crippen molar-refractivity contribution in [3.63, 3.8) is 0 Å². The van der Waals surface area contributed by atoms with Crippen LogP contribution in [0.5, 0.6) is 0 Å². The summed E-state index contributed by atoms with van der Waals surface area (Å²) in [7, 11) is 0. The van der Waals surface area contributed by atoms with Gasteiger partial charge in [-0.15, -0.1) is 0 Å². The Morgan fingerprint density at radius 1 is 1.53 bits per heavy atom. The Kier molecular flexibility index (Phi) is 4.93. The number of carbonyl (C=O) groups excluding carboxylic acids is 1. The third kappa shape index (κ3) is 4.01. The molecule has 0 aromatic heterocycles. The van der Waals surface area contributed by atoms with Crippen molar-refractivity contribution in [2.24, 2.45) is 0 Å². The Hall–Kier alpha value is -0.940. The lowest BCUT2D eigenvalue weighted by atomic mass is 10.0. The van der Waals surface area contributed by atoms with Crippen molar-refractivity contribution in [3.8, 4) is 0 Å². The summed E-state index contributed by atoms with van der Waals surface area (Å²) in [5, 5.41) is 2.65. The molecule has 1 unspecified atom stereocenters. The van der Waals surface area contributed by atoms with E-state index in [0.29, 0.717) is 17.1 Å². The SMILES string of the molecule is C[C@H]1CCCC[NH+]1CC(=O)Nc1ccc(Br)cc1F. The van der Waals surface area contributed by atoms with Crippen LogP contribution in [-0.2, 0) is 4.79 Å². The molecule has 3 nitrogen and oxygen atoms in total. The smallest absolute Gasteiger partial charge is 0.279 e. The van der Waals surface area contributed by atoms with E-state index in [1.165, 1.54) is 23.8 Å². The summed E-state index contributed by atoms with van der Waals surface area (Å²) in [5.74, 6) is -0.533. The first-order valence-corrected chi connectivity index (χ1v) is 7.45. The summed E-state index contributed by atoms with van der Waals surface area (Å²) in [4.78, 5) is 13.2. The fraction of sp³-hybridized carbons (Fsp3) is 0.500. The summed E-state index contributed by atoms with van der Waals surface area (Å²) < 4.78 is 14.3. The van der Waals surface area contributed by atoms with Gasteiger partial charge in [-0.2, -0.15) is 0 Å². The minimum absolute atomic E-state index is 0.120. The molecule has 0 aliphatic carbocycles. The van der Waals surface area contributed by atoms with Gasteiger partial charge >= 0.3 is 0 Å². The van der Waals surface area contributed by atoms with Crippen LogP contribution in [0.3, 0.4) is 0 Å². The number of hydrogen-bond acceptors (Lipinski definition) is 1. The average molecular weight is 330 g/mol. The first-order chi connectivity index (χ1) is 9.06. The van der Waals surface area contributed by atoms with Gasteiger partial charge in [-0.05, 0) is 44.4 Å². The second kappa shape index (κ2) is 6.48. The molecule has 2 N–H and O–H groups in total. The largest absolute Gasteiger partial charge is 0.325 e. The molecule has 1 fully saturated rings. The topological polar surface area (TPSA) is 33.5 Å². The van der Waals surface area contributed by atoms with Gasteiger partial charge in [0.1, 0.15) is 5.82 Å². The van der Waals surface area contributed by atoms with E-state index in [0.717, 1.165) is 13.0 Å². The maximum absolute atomic E-state index is 13.6. The van der Waals surface area contributed by atoms with E-state index in [1.54, 1.807) is 12.1 Å². The fourth-order valence-electron chi connectivity index (χ4n) is 2.51. The van der Waals surface area contributed by atoms with Crippen molar-refractivity contribution in [2.45, 2.75) is 32.2 Å². The molecule has 0 saturated carbocycles. The Bertz CT molecular complexity index is 467. The molecule has 19 heavy (non-hydrogen) atoms. The molecule has 1 aliphatic rings. The number of amides is 1. The number of halogens is 2. The normalized spacial score (nSPS) is 23.1. The number of benzene rings is 1. The van der Waals surface area contributed by atoms with Crippen LogP contribution >= 0.6 is 15.9 Å². The van der Waals surface area contributed by atoms with Crippen LogP contribution in [0.25, 0.3) is 0 Å². The summed E-state index contributed by atoms with van der Waals surface area (Å²) in [6, 6.07) is 5.15. The summed E-state index contributed by atoms with van der Waals surface area (Å²) >= 11 is 3.19. The van der Waals surface area contributed by atoms with Gasteiger partial charge in [-0.25, -0.2) is 4.39 Å². The first-order valence-electron chi connectivity index (χ1n) is 6.66. The molecule has 0 spiro atoms. The van der Waals surface area contributed by atoms with Crippen LogP contribution < -0.4 is 10.2 Å². The zero-order valence-corrected chi connectivity index (χ0v) is 12.6. The highest BCUT2D eigenvalue weighted by molar-refractivity contribution is 9.10. The van der Waals surface area contributed by atoms with Gasteiger partial charge in [0.05, 0.1) is 18.3 Å². The molecule has 2 atom stereocenters. The van der Waals surface area contributed by atoms with Crippen molar-refractivity contribution in [2.75, 3.05) is 18.4 Å². The highest BCUT2D eigenvalue weighted by Crippen LogP contribution is 2.19. The third-order valence-corrected chi connectivity index (χ3v) is 4.17. The number of nitrogens with one attached hydrogen (secondary N) is 2. The number of quaternary nitrogens is 1.